The maximum atomic E-state index is 16.2. The second-order valence-corrected chi connectivity index (χ2v) is 16.7. The predicted molar refractivity (Wildman–Crippen MR) is 157 cm³/mol. The fourth-order valence-corrected chi connectivity index (χ4v) is 10.1. The number of hydrogen-bond donors (Lipinski definition) is 2. The van der Waals surface area contributed by atoms with Gasteiger partial charge < -0.3 is 24.4 Å². The zero-order valence-corrected chi connectivity index (χ0v) is 28.2. The van der Waals surface area contributed by atoms with Crippen LogP contribution in [0.1, 0.15) is 67.7 Å². The van der Waals surface area contributed by atoms with Crippen LogP contribution >= 0.6 is 0 Å². The molecule has 0 amide bonds. The Bertz CT molecular complexity index is 1350. The lowest BCUT2D eigenvalue weighted by molar-refractivity contribution is -0.254. The molecule has 4 bridgehead atoms. The van der Waals surface area contributed by atoms with Crippen LogP contribution in [0.15, 0.2) is 0 Å². The van der Waals surface area contributed by atoms with Crippen molar-refractivity contribution in [2.24, 2.45) is 82.3 Å². The zero-order chi connectivity index (χ0) is 36.0. The van der Waals surface area contributed by atoms with Gasteiger partial charge in [-0.25, -0.2) is 8.78 Å². The van der Waals surface area contributed by atoms with Gasteiger partial charge in [0.15, 0.2) is 0 Å². The molecule has 0 aromatic rings. The molecule has 5 aliphatic rings. The summed E-state index contributed by atoms with van der Waals surface area (Å²) in [5.74, 6) is -29.4. The molecule has 0 spiro atoms. The van der Waals surface area contributed by atoms with E-state index in [-0.39, 0.29) is 39.4 Å². The number of ether oxygens (including phenoxy) is 3. The number of carboxylic acid groups (broad SMARTS) is 1. The molecule has 13 atom stereocenters. The molecular weight excluding hydrogens is 644 g/mol. The van der Waals surface area contributed by atoms with Gasteiger partial charge in [0.1, 0.15) is 5.60 Å². The summed E-state index contributed by atoms with van der Waals surface area (Å²) in [6.07, 6.45) is 0.0503. The van der Waals surface area contributed by atoms with E-state index in [1.807, 2.05) is 0 Å². The molecule has 14 heteroatoms. The second kappa shape index (κ2) is 11.9. The van der Waals surface area contributed by atoms with E-state index in [4.69, 9.17) is 14.2 Å². The fraction of sp³-hybridized carbons (Fsp3) is 0.853. The Morgan fingerprint density at radius 3 is 1.94 bits per heavy atom. The van der Waals surface area contributed by atoms with Gasteiger partial charge >= 0.3 is 41.7 Å². The van der Waals surface area contributed by atoms with Crippen molar-refractivity contribution in [2.75, 3.05) is 13.2 Å². The van der Waals surface area contributed by atoms with Gasteiger partial charge in [0.05, 0.1) is 42.8 Å². The van der Waals surface area contributed by atoms with E-state index in [1.54, 1.807) is 34.6 Å². The molecule has 4 aliphatic carbocycles. The highest BCUT2D eigenvalue weighted by molar-refractivity contribution is 5.96. The van der Waals surface area contributed by atoms with Gasteiger partial charge in [-0.05, 0) is 81.5 Å². The lowest BCUT2D eigenvalue weighted by Crippen LogP contribution is -2.57. The molecule has 48 heavy (non-hydrogen) atoms. The van der Waals surface area contributed by atoms with Crippen molar-refractivity contribution >= 4 is 29.8 Å². The number of esters is 4. The Labute approximate surface area is 276 Å². The monoisotopic (exact) mass is 690 g/mol. The molecule has 0 aromatic carbocycles. The minimum Gasteiger partial charge on any atom is -0.481 e. The molecule has 270 valence electrons. The van der Waals surface area contributed by atoms with Gasteiger partial charge in [0, 0.05) is 18.3 Å². The first-order valence-corrected chi connectivity index (χ1v) is 16.7. The van der Waals surface area contributed by atoms with E-state index < -0.39 is 130 Å². The Hall–Kier alpha value is -2.77. The summed E-state index contributed by atoms with van der Waals surface area (Å²) in [7, 11) is 0. The molecule has 0 aromatic heterocycles. The van der Waals surface area contributed by atoms with Crippen LogP contribution < -0.4 is 0 Å². The van der Waals surface area contributed by atoms with Crippen molar-refractivity contribution in [3.63, 3.8) is 0 Å². The van der Waals surface area contributed by atoms with Crippen molar-refractivity contribution in [3.8, 4) is 0 Å². The lowest BCUT2D eigenvalue weighted by atomic mass is 9.54. The van der Waals surface area contributed by atoms with Gasteiger partial charge in [-0.15, -0.1) is 0 Å². The predicted octanol–water partition coefficient (Wildman–Crippen LogP) is 4.60. The molecule has 5 rings (SSSR count). The SMILES string of the molecule is CC1C(=O)OC(=O)C1C1C2CC(C(C(=O)O)C2C(=O)OCC(C)(C)CO)C1C1C2CC(C(=O)OC(C)(C)C)C(C2)C1C(F)(F)C(C)(F)F. The largest absolute Gasteiger partial charge is 0.481 e. The van der Waals surface area contributed by atoms with Crippen LogP contribution in [0.5, 0.6) is 0 Å². The van der Waals surface area contributed by atoms with Gasteiger partial charge in [0.2, 0.25) is 0 Å². The molecule has 2 N–H and O–H groups in total. The normalized spacial score (nSPS) is 39.5. The van der Waals surface area contributed by atoms with Crippen molar-refractivity contribution in [2.45, 2.75) is 85.2 Å². The van der Waals surface area contributed by atoms with Gasteiger partial charge in [-0.3, -0.25) is 24.0 Å². The summed E-state index contributed by atoms with van der Waals surface area (Å²) in [5.41, 5.74) is -1.82. The zero-order valence-electron chi connectivity index (χ0n) is 28.2. The van der Waals surface area contributed by atoms with Gasteiger partial charge in [-0.1, -0.05) is 20.8 Å². The van der Waals surface area contributed by atoms with Crippen molar-refractivity contribution in [1.29, 1.82) is 0 Å². The van der Waals surface area contributed by atoms with Gasteiger partial charge in [-0.2, -0.15) is 8.78 Å². The molecule has 10 nitrogen and oxygen atoms in total. The standard InChI is InChI=1S/C34H46F4O10/c1-13-19(30(45)47-27(13)42)21-18-10-17(23(26(40)41)24(18)29(44)46-12-32(5,6)11-39)22(21)20-14-8-15(25(20)34(37,38)33(7,35)36)16(9-14)28(43)48-31(2,3)4/h13-25,39H,8-12H2,1-7H3,(H,40,41). The Balaban J connectivity index is 1.60. The van der Waals surface area contributed by atoms with Crippen LogP contribution in [-0.4, -0.2) is 70.7 Å². The van der Waals surface area contributed by atoms with Crippen molar-refractivity contribution in [1.82, 2.24) is 0 Å². The molecule has 1 heterocycles. The first-order chi connectivity index (χ1) is 21.9. The summed E-state index contributed by atoms with van der Waals surface area (Å²) in [6, 6.07) is 0. The summed E-state index contributed by atoms with van der Waals surface area (Å²) in [4.78, 5) is 65.6. The van der Waals surface area contributed by atoms with Crippen LogP contribution in [0.4, 0.5) is 17.6 Å². The minimum absolute atomic E-state index is 0.00431. The number of carbonyl (C=O) groups is 5. The Morgan fingerprint density at radius 2 is 1.44 bits per heavy atom. The van der Waals surface area contributed by atoms with Crippen LogP contribution in [0.3, 0.4) is 0 Å². The van der Waals surface area contributed by atoms with E-state index in [0.29, 0.717) is 0 Å². The summed E-state index contributed by atoms with van der Waals surface area (Å²) in [6.45, 7) is 9.01. The van der Waals surface area contributed by atoms with E-state index in [1.165, 1.54) is 6.92 Å². The number of fused-ring (bicyclic) bond motifs is 4. The number of carbonyl (C=O) groups excluding carboxylic acids is 4. The van der Waals surface area contributed by atoms with E-state index in [0.717, 1.165) is 0 Å². The third-order valence-corrected chi connectivity index (χ3v) is 11.9. The van der Waals surface area contributed by atoms with E-state index in [2.05, 4.69) is 0 Å². The number of aliphatic carboxylic acids is 1. The number of hydrogen-bond acceptors (Lipinski definition) is 9. The van der Waals surface area contributed by atoms with Crippen molar-refractivity contribution < 1.29 is 66.0 Å². The number of alkyl halides is 4. The molecular formula is C34H46F4O10. The molecule has 5 fully saturated rings. The Kier molecular flexibility index (Phi) is 9.08. The summed E-state index contributed by atoms with van der Waals surface area (Å²) in [5, 5.41) is 20.1. The minimum atomic E-state index is -4.63. The average molecular weight is 691 g/mol. The smallest absolute Gasteiger partial charge is 0.317 e. The Morgan fingerprint density at radius 1 is 0.833 bits per heavy atom. The van der Waals surface area contributed by atoms with Crippen LogP contribution in [0.2, 0.25) is 0 Å². The van der Waals surface area contributed by atoms with Crippen molar-refractivity contribution in [3.05, 3.63) is 0 Å². The number of aliphatic hydroxyl groups excluding tert-OH is 1. The molecule has 1 saturated heterocycles. The van der Waals surface area contributed by atoms with Crippen LogP contribution in [-0.2, 0) is 38.2 Å². The number of rotatable bonds is 10. The second-order valence-electron chi connectivity index (χ2n) is 16.7. The lowest BCUT2D eigenvalue weighted by Gasteiger charge is -2.50. The first kappa shape index (κ1) is 36.5. The topological polar surface area (TPSA) is 154 Å². The molecule has 13 unspecified atom stereocenters. The molecule has 1 aliphatic heterocycles. The highest BCUT2D eigenvalue weighted by atomic mass is 19.3. The number of halogens is 4. The maximum Gasteiger partial charge on any atom is 0.317 e. The van der Waals surface area contributed by atoms with E-state index >= 15 is 8.78 Å². The number of aliphatic hydroxyl groups is 1. The first-order valence-electron chi connectivity index (χ1n) is 16.7. The van der Waals surface area contributed by atoms with E-state index in [9.17, 15) is 43.0 Å². The quantitative estimate of drug-likeness (QED) is 0.144. The molecule has 0 radical (unpaired) electrons. The number of carboxylic acids is 1. The summed E-state index contributed by atoms with van der Waals surface area (Å²) >= 11 is 0. The summed E-state index contributed by atoms with van der Waals surface area (Å²) < 4.78 is 78.1. The highest BCUT2D eigenvalue weighted by Gasteiger charge is 2.75. The highest BCUT2D eigenvalue weighted by Crippen LogP contribution is 2.72. The van der Waals surface area contributed by atoms with Gasteiger partial charge in [0.25, 0.3) is 0 Å². The fourth-order valence-electron chi connectivity index (χ4n) is 10.1. The third kappa shape index (κ3) is 5.91. The average Bonchev–Trinajstić information content (AvgIpc) is 3.75. The van der Waals surface area contributed by atoms with Crippen LogP contribution in [0.25, 0.3) is 0 Å². The number of cyclic esters (lactones) is 2. The third-order valence-electron chi connectivity index (χ3n) is 11.9. The molecule has 4 saturated carbocycles. The maximum absolute atomic E-state index is 16.2. The van der Waals surface area contributed by atoms with Crippen LogP contribution in [0, 0.1) is 82.3 Å².